The minimum absolute atomic E-state index is 0.0564. The van der Waals surface area contributed by atoms with E-state index in [-0.39, 0.29) is 18.3 Å². The van der Waals surface area contributed by atoms with Crippen molar-refractivity contribution < 1.29 is 28.5 Å². The number of benzene rings is 2. The summed E-state index contributed by atoms with van der Waals surface area (Å²) in [6.45, 7) is 0. The monoisotopic (exact) mass is 413 g/mol. The van der Waals surface area contributed by atoms with E-state index in [2.05, 4.69) is 15.6 Å². The molecule has 2 N–H and O–H groups in total. The Kier molecular flexibility index (Phi) is 6.41. The highest BCUT2D eigenvalue weighted by Crippen LogP contribution is 2.34. The first kappa shape index (κ1) is 21.0. The van der Waals surface area contributed by atoms with Crippen molar-refractivity contribution in [2.75, 3.05) is 28.4 Å². The fraction of sp³-hybridized carbons (Fsp3) is 0.286. The van der Waals surface area contributed by atoms with E-state index in [0.29, 0.717) is 34.1 Å². The van der Waals surface area contributed by atoms with Crippen LogP contribution in [0.3, 0.4) is 0 Å². The first-order valence-corrected chi connectivity index (χ1v) is 9.12. The lowest BCUT2D eigenvalue weighted by Gasteiger charge is -2.23. The van der Waals surface area contributed by atoms with Crippen molar-refractivity contribution in [3.8, 4) is 23.0 Å². The molecule has 0 radical (unpaired) electrons. The summed E-state index contributed by atoms with van der Waals surface area (Å²) in [6, 6.07) is 9.49. The summed E-state index contributed by atoms with van der Waals surface area (Å²) in [5.74, 6) is 1.44. The number of rotatable bonds is 6. The van der Waals surface area contributed by atoms with E-state index >= 15 is 0 Å². The van der Waals surface area contributed by atoms with Gasteiger partial charge in [-0.15, -0.1) is 0 Å². The number of carbonyl (C=O) groups excluding carboxylic acids is 2. The molecule has 0 spiro atoms. The molecule has 2 aromatic carbocycles. The standard InChI is InChI=1S/C21H23N3O6/c1-27-13-6-8-16(28-2)14(10-13)15-11-19(25)23-21(22-15)24-20(26)12-5-7-17(29-3)18(9-12)30-4/h5-10,15H,11H2,1-4H3,(H2,22,23,24,25,26). The lowest BCUT2D eigenvalue weighted by Crippen LogP contribution is -2.47. The van der Waals surface area contributed by atoms with Crippen LogP contribution in [0, 0.1) is 0 Å². The Morgan fingerprint density at radius 3 is 2.33 bits per heavy atom. The molecule has 3 rings (SSSR count). The molecule has 9 nitrogen and oxygen atoms in total. The number of guanidine groups is 1. The minimum atomic E-state index is -0.537. The molecule has 30 heavy (non-hydrogen) atoms. The Morgan fingerprint density at radius 2 is 1.67 bits per heavy atom. The highest BCUT2D eigenvalue weighted by molar-refractivity contribution is 6.10. The molecule has 1 aliphatic rings. The van der Waals surface area contributed by atoms with Crippen molar-refractivity contribution >= 4 is 17.8 Å². The molecule has 1 heterocycles. The fourth-order valence-corrected chi connectivity index (χ4v) is 3.09. The summed E-state index contributed by atoms with van der Waals surface area (Å²) in [6.07, 6.45) is 0.110. The van der Waals surface area contributed by atoms with Crippen LogP contribution >= 0.6 is 0 Å². The fourth-order valence-electron chi connectivity index (χ4n) is 3.09. The van der Waals surface area contributed by atoms with Crippen molar-refractivity contribution in [1.82, 2.24) is 10.6 Å². The number of methoxy groups -OCH3 is 4. The van der Waals surface area contributed by atoms with Gasteiger partial charge in [-0.05, 0) is 36.4 Å². The molecule has 2 aromatic rings. The van der Waals surface area contributed by atoms with Gasteiger partial charge in [0.05, 0.1) is 40.9 Å². The molecular formula is C21H23N3O6. The van der Waals surface area contributed by atoms with Crippen LogP contribution < -0.4 is 29.6 Å². The number of amides is 2. The second kappa shape index (κ2) is 9.17. The van der Waals surface area contributed by atoms with Crippen molar-refractivity contribution in [3.63, 3.8) is 0 Å². The maximum absolute atomic E-state index is 12.7. The molecule has 2 amide bonds. The van der Waals surface area contributed by atoms with E-state index < -0.39 is 11.9 Å². The maximum atomic E-state index is 12.7. The van der Waals surface area contributed by atoms with Crippen LogP contribution in [-0.2, 0) is 4.79 Å². The molecule has 0 fully saturated rings. The lowest BCUT2D eigenvalue weighted by molar-refractivity contribution is -0.120. The predicted octanol–water partition coefficient (Wildman–Crippen LogP) is 2.07. The SMILES string of the molecule is COc1ccc(OC)c(C2CC(=O)NC(NC(=O)c3ccc(OC)c(OC)c3)=N2)c1. The van der Waals surface area contributed by atoms with Gasteiger partial charge in [0.2, 0.25) is 11.9 Å². The van der Waals surface area contributed by atoms with E-state index in [1.807, 2.05) is 0 Å². The number of carbonyl (C=O) groups is 2. The van der Waals surface area contributed by atoms with Gasteiger partial charge >= 0.3 is 0 Å². The molecule has 1 unspecified atom stereocenters. The highest BCUT2D eigenvalue weighted by atomic mass is 16.5. The smallest absolute Gasteiger partial charge is 0.258 e. The van der Waals surface area contributed by atoms with Gasteiger partial charge in [-0.3, -0.25) is 20.2 Å². The van der Waals surface area contributed by atoms with Crippen LogP contribution in [0.2, 0.25) is 0 Å². The van der Waals surface area contributed by atoms with E-state index in [4.69, 9.17) is 18.9 Å². The van der Waals surface area contributed by atoms with Crippen LogP contribution in [0.4, 0.5) is 0 Å². The molecule has 0 saturated carbocycles. The second-order valence-electron chi connectivity index (χ2n) is 6.38. The molecule has 1 aliphatic heterocycles. The summed E-state index contributed by atoms with van der Waals surface area (Å²) < 4.78 is 21.1. The van der Waals surface area contributed by atoms with Crippen molar-refractivity contribution in [1.29, 1.82) is 0 Å². The molecule has 0 aromatic heterocycles. The summed E-state index contributed by atoms with van der Waals surface area (Å²) in [4.78, 5) is 29.4. The number of hydrogen-bond donors (Lipinski definition) is 2. The lowest BCUT2D eigenvalue weighted by atomic mass is 10.0. The van der Waals surface area contributed by atoms with Gasteiger partial charge in [-0.1, -0.05) is 0 Å². The first-order valence-electron chi connectivity index (χ1n) is 9.12. The Hall–Kier alpha value is -3.75. The van der Waals surface area contributed by atoms with Crippen LogP contribution in [0.25, 0.3) is 0 Å². The van der Waals surface area contributed by atoms with E-state index in [1.54, 1.807) is 43.5 Å². The molecule has 158 valence electrons. The summed E-state index contributed by atoms with van der Waals surface area (Å²) in [7, 11) is 6.09. The Morgan fingerprint density at radius 1 is 0.967 bits per heavy atom. The molecule has 9 heteroatoms. The zero-order valence-electron chi connectivity index (χ0n) is 17.1. The van der Waals surface area contributed by atoms with Crippen LogP contribution in [0.15, 0.2) is 41.4 Å². The van der Waals surface area contributed by atoms with E-state index in [1.165, 1.54) is 21.3 Å². The van der Waals surface area contributed by atoms with Gasteiger partial charge in [0.1, 0.15) is 11.5 Å². The zero-order chi connectivity index (χ0) is 21.7. The third-order valence-corrected chi connectivity index (χ3v) is 4.60. The van der Waals surface area contributed by atoms with Gasteiger partial charge in [-0.25, -0.2) is 4.99 Å². The molecule has 1 atom stereocenters. The number of aliphatic imine (C=N–C) groups is 1. The first-order chi connectivity index (χ1) is 14.5. The molecule has 0 aliphatic carbocycles. The second-order valence-corrected chi connectivity index (χ2v) is 6.38. The Bertz CT molecular complexity index is 989. The van der Waals surface area contributed by atoms with Crippen LogP contribution in [-0.4, -0.2) is 46.2 Å². The largest absolute Gasteiger partial charge is 0.497 e. The topological polar surface area (TPSA) is 107 Å². The summed E-state index contributed by atoms with van der Waals surface area (Å²) in [5.41, 5.74) is 1.01. The highest BCUT2D eigenvalue weighted by Gasteiger charge is 2.26. The van der Waals surface area contributed by atoms with Gasteiger partial charge < -0.3 is 18.9 Å². The maximum Gasteiger partial charge on any atom is 0.258 e. The zero-order valence-corrected chi connectivity index (χ0v) is 17.1. The predicted molar refractivity (Wildman–Crippen MR) is 109 cm³/mol. The quantitative estimate of drug-likeness (QED) is 0.751. The minimum Gasteiger partial charge on any atom is -0.497 e. The average molecular weight is 413 g/mol. The Labute approximate surface area is 174 Å². The van der Waals surface area contributed by atoms with Gasteiger partial charge in [-0.2, -0.15) is 0 Å². The van der Waals surface area contributed by atoms with E-state index in [0.717, 1.165) is 0 Å². The number of nitrogens with one attached hydrogen (secondary N) is 2. The molecule has 0 saturated heterocycles. The van der Waals surface area contributed by atoms with Crippen LogP contribution in [0.5, 0.6) is 23.0 Å². The van der Waals surface area contributed by atoms with Crippen LogP contribution in [0.1, 0.15) is 28.4 Å². The number of hydrogen-bond acceptors (Lipinski definition) is 7. The van der Waals surface area contributed by atoms with Crippen molar-refractivity contribution in [2.45, 2.75) is 12.5 Å². The normalized spacial score (nSPS) is 15.5. The van der Waals surface area contributed by atoms with Gasteiger partial charge in [0.15, 0.2) is 11.5 Å². The number of ether oxygens (including phenoxy) is 4. The van der Waals surface area contributed by atoms with E-state index in [9.17, 15) is 9.59 Å². The van der Waals surface area contributed by atoms with Crippen molar-refractivity contribution in [3.05, 3.63) is 47.5 Å². The summed E-state index contributed by atoms with van der Waals surface area (Å²) >= 11 is 0. The average Bonchev–Trinajstić information content (AvgIpc) is 2.77. The number of nitrogens with zero attached hydrogens (tertiary/aromatic N) is 1. The Balaban J connectivity index is 1.87. The molecule has 0 bridgehead atoms. The molecular weight excluding hydrogens is 390 g/mol. The summed E-state index contributed by atoms with van der Waals surface area (Å²) in [5, 5.41) is 5.22. The third-order valence-electron chi connectivity index (χ3n) is 4.60. The third kappa shape index (κ3) is 4.45. The van der Waals surface area contributed by atoms with Crippen molar-refractivity contribution in [2.24, 2.45) is 4.99 Å². The van der Waals surface area contributed by atoms with Gasteiger partial charge in [0.25, 0.3) is 5.91 Å². The van der Waals surface area contributed by atoms with Gasteiger partial charge in [0, 0.05) is 11.1 Å².